The minimum absolute atomic E-state index is 0.0485. The summed E-state index contributed by atoms with van der Waals surface area (Å²) in [6, 6.07) is 25.5. The maximum absolute atomic E-state index is 13.4. The molecule has 1 aliphatic rings. The predicted molar refractivity (Wildman–Crippen MR) is 127 cm³/mol. The molecule has 1 atom stereocenters. The maximum Gasteiger partial charge on any atom is 0.261 e. The molecule has 1 amide bonds. The van der Waals surface area contributed by atoms with E-state index >= 15 is 0 Å². The van der Waals surface area contributed by atoms with Gasteiger partial charge in [-0.3, -0.25) is 14.2 Å². The van der Waals surface area contributed by atoms with Crippen LogP contribution in [0.5, 0.6) is 0 Å². The predicted octanol–water partition coefficient (Wildman–Crippen LogP) is 4.33. The van der Waals surface area contributed by atoms with E-state index in [1.807, 2.05) is 78.6 Å². The number of benzene rings is 3. The number of carbonyl (C=O) groups excluding carboxylic acids is 1. The lowest BCUT2D eigenvalue weighted by molar-refractivity contribution is -0.119. The van der Waals surface area contributed by atoms with Gasteiger partial charge in [-0.05, 0) is 42.7 Å². The number of aryl methyl sites for hydroxylation is 1. The van der Waals surface area contributed by atoms with Crippen LogP contribution in [0.25, 0.3) is 10.9 Å². The molecule has 0 spiro atoms. The lowest BCUT2D eigenvalue weighted by atomic mass is 9.96. The summed E-state index contributed by atoms with van der Waals surface area (Å²) in [5.74, 6) is 0.406. The molecule has 5 nitrogen and oxygen atoms in total. The van der Waals surface area contributed by atoms with Crippen molar-refractivity contribution in [1.82, 2.24) is 9.55 Å². The molecule has 5 rings (SSSR count). The van der Waals surface area contributed by atoms with Crippen molar-refractivity contribution in [3.05, 3.63) is 106 Å². The number of rotatable bonds is 6. The number of para-hydroxylation sites is 2. The van der Waals surface area contributed by atoms with Crippen LogP contribution in [0.4, 0.5) is 5.69 Å². The van der Waals surface area contributed by atoms with E-state index in [-0.39, 0.29) is 17.4 Å². The van der Waals surface area contributed by atoms with Crippen molar-refractivity contribution in [2.75, 3.05) is 11.4 Å². The van der Waals surface area contributed by atoms with E-state index in [2.05, 4.69) is 12.1 Å². The highest BCUT2D eigenvalue weighted by Gasteiger charge is 2.37. The Morgan fingerprint density at radius 3 is 2.41 bits per heavy atom. The highest BCUT2D eigenvalue weighted by Crippen LogP contribution is 2.38. The van der Waals surface area contributed by atoms with E-state index in [0.29, 0.717) is 36.2 Å². The van der Waals surface area contributed by atoms with Crippen molar-refractivity contribution in [3.8, 4) is 0 Å². The van der Waals surface area contributed by atoms with Crippen molar-refractivity contribution in [2.45, 2.75) is 32.2 Å². The van der Waals surface area contributed by atoms with E-state index in [1.165, 1.54) is 0 Å². The maximum atomic E-state index is 13.4. The summed E-state index contributed by atoms with van der Waals surface area (Å²) in [7, 11) is 0. The Labute approximate surface area is 187 Å². The topological polar surface area (TPSA) is 55.2 Å². The lowest BCUT2D eigenvalue weighted by Crippen LogP contribution is -2.31. The third-order valence-electron chi connectivity index (χ3n) is 6.28. The molecule has 0 saturated heterocycles. The molecule has 0 aliphatic carbocycles. The molecule has 0 fully saturated rings. The normalized spacial score (nSPS) is 15.3. The van der Waals surface area contributed by atoms with Crippen LogP contribution in [0.1, 0.15) is 29.8 Å². The Kier molecular flexibility index (Phi) is 5.31. The molecular formula is C27H25N3O2. The summed E-state index contributed by atoms with van der Waals surface area (Å²) in [5, 5.41) is 0.609. The summed E-state index contributed by atoms with van der Waals surface area (Å²) in [4.78, 5) is 33.4. The number of amides is 1. The van der Waals surface area contributed by atoms with Crippen LogP contribution in [0.3, 0.4) is 0 Å². The number of nitrogens with zero attached hydrogens (tertiary/aromatic N) is 3. The molecule has 0 saturated carbocycles. The smallest absolute Gasteiger partial charge is 0.261 e. The Morgan fingerprint density at radius 2 is 1.59 bits per heavy atom. The molecule has 5 heteroatoms. The third kappa shape index (κ3) is 3.50. The summed E-state index contributed by atoms with van der Waals surface area (Å²) >= 11 is 0. The number of hydrogen-bond acceptors (Lipinski definition) is 3. The van der Waals surface area contributed by atoms with E-state index < -0.39 is 0 Å². The number of hydrogen-bond donors (Lipinski definition) is 0. The van der Waals surface area contributed by atoms with Crippen LogP contribution >= 0.6 is 0 Å². The Hall–Kier alpha value is -3.73. The second-order valence-corrected chi connectivity index (χ2v) is 8.14. The minimum atomic E-state index is -0.331. The van der Waals surface area contributed by atoms with Gasteiger partial charge in [0.15, 0.2) is 0 Å². The fourth-order valence-electron chi connectivity index (χ4n) is 4.66. The first-order valence-corrected chi connectivity index (χ1v) is 11.1. The largest absolute Gasteiger partial charge is 0.312 e. The number of aromatic nitrogens is 2. The van der Waals surface area contributed by atoms with E-state index in [4.69, 9.17) is 4.98 Å². The third-order valence-corrected chi connectivity index (χ3v) is 6.28. The molecule has 0 radical (unpaired) electrons. The fourth-order valence-corrected chi connectivity index (χ4v) is 4.66. The molecule has 0 N–H and O–H groups in total. The van der Waals surface area contributed by atoms with Crippen molar-refractivity contribution >= 4 is 22.5 Å². The first kappa shape index (κ1) is 20.2. The number of likely N-dealkylation sites (N-methyl/N-ethyl adjacent to an activating group) is 1. The molecule has 0 bridgehead atoms. The van der Waals surface area contributed by atoms with Crippen molar-refractivity contribution in [2.24, 2.45) is 0 Å². The van der Waals surface area contributed by atoms with Gasteiger partial charge in [-0.2, -0.15) is 0 Å². The van der Waals surface area contributed by atoms with E-state index in [0.717, 1.165) is 23.2 Å². The van der Waals surface area contributed by atoms with Crippen molar-refractivity contribution in [1.29, 1.82) is 0 Å². The molecule has 4 aromatic rings. The standard InChI is InChI=1S/C27H25N3O2/c1-2-29-24-15-9-7-12-20(24)22(27(29)32)18-25-28-23-14-8-6-13-21(23)26(31)30(25)17-16-19-10-4-3-5-11-19/h3-15,22H,2,16-18H2,1H3. The van der Waals surface area contributed by atoms with Gasteiger partial charge in [0.25, 0.3) is 5.56 Å². The van der Waals surface area contributed by atoms with Gasteiger partial charge in [-0.25, -0.2) is 4.98 Å². The average molecular weight is 424 g/mol. The van der Waals surface area contributed by atoms with E-state index in [9.17, 15) is 9.59 Å². The number of fused-ring (bicyclic) bond motifs is 2. The van der Waals surface area contributed by atoms with Crippen LogP contribution < -0.4 is 10.5 Å². The SMILES string of the molecule is CCN1C(=O)C(Cc2nc3ccccc3c(=O)n2CCc2ccccc2)c2ccccc21. The molecule has 2 heterocycles. The quantitative estimate of drug-likeness (QED) is 0.464. The monoisotopic (exact) mass is 423 g/mol. The van der Waals surface area contributed by atoms with Gasteiger partial charge in [-0.1, -0.05) is 60.7 Å². The van der Waals surface area contributed by atoms with Gasteiger partial charge in [0, 0.05) is 25.2 Å². The lowest BCUT2D eigenvalue weighted by Gasteiger charge is -2.17. The first-order chi connectivity index (χ1) is 15.7. The minimum Gasteiger partial charge on any atom is -0.312 e. The second-order valence-electron chi connectivity index (χ2n) is 8.14. The molecule has 1 unspecified atom stereocenters. The number of carbonyl (C=O) groups is 1. The van der Waals surface area contributed by atoms with Crippen molar-refractivity contribution in [3.63, 3.8) is 0 Å². The van der Waals surface area contributed by atoms with Crippen LogP contribution in [0, 0.1) is 0 Å². The molecule has 32 heavy (non-hydrogen) atoms. The Balaban J connectivity index is 1.57. The molecule has 1 aliphatic heterocycles. The summed E-state index contributed by atoms with van der Waals surface area (Å²) in [5.41, 5.74) is 3.76. The van der Waals surface area contributed by atoms with Crippen LogP contribution in [-0.4, -0.2) is 22.0 Å². The van der Waals surface area contributed by atoms with Gasteiger partial charge >= 0.3 is 0 Å². The average Bonchev–Trinajstić information content (AvgIpc) is 3.10. The Bertz CT molecular complexity index is 1340. The summed E-state index contributed by atoms with van der Waals surface area (Å²) < 4.78 is 1.76. The highest BCUT2D eigenvalue weighted by atomic mass is 16.2. The zero-order chi connectivity index (χ0) is 22.1. The molecular weight excluding hydrogens is 398 g/mol. The van der Waals surface area contributed by atoms with Crippen LogP contribution in [0.15, 0.2) is 83.7 Å². The van der Waals surface area contributed by atoms with Gasteiger partial charge in [0.1, 0.15) is 5.82 Å². The number of anilines is 1. The molecule has 160 valence electrons. The van der Waals surface area contributed by atoms with Gasteiger partial charge < -0.3 is 4.90 Å². The zero-order valence-electron chi connectivity index (χ0n) is 18.1. The highest BCUT2D eigenvalue weighted by molar-refractivity contribution is 6.05. The van der Waals surface area contributed by atoms with Crippen LogP contribution in [0.2, 0.25) is 0 Å². The summed E-state index contributed by atoms with van der Waals surface area (Å²) in [6.45, 7) is 3.13. The first-order valence-electron chi connectivity index (χ1n) is 11.1. The fraction of sp³-hybridized carbons (Fsp3) is 0.222. The molecule has 3 aromatic carbocycles. The van der Waals surface area contributed by atoms with Crippen LogP contribution in [-0.2, 0) is 24.2 Å². The molecule has 1 aromatic heterocycles. The van der Waals surface area contributed by atoms with Crippen molar-refractivity contribution < 1.29 is 4.79 Å². The van der Waals surface area contributed by atoms with Gasteiger partial charge in [0.2, 0.25) is 5.91 Å². The van der Waals surface area contributed by atoms with Gasteiger partial charge in [0.05, 0.1) is 16.8 Å². The van der Waals surface area contributed by atoms with E-state index in [1.54, 1.807) is 4.57 Å². The van der Waals surface area contributed by atoms with Gasteiger partial charge in [-0.15, -0.1) is 0 Å². The summed E-state index contributed by atoms with van der Waals surface area (Å²) in [6.07, 6.45) is 1.13. The Morgan fingerprint density at radius 1 is 0.875 bits per heavy atom. The second kappa shape index (κ2) is 8.42. The zero-order valence-corrected chi connectivity index (χ0v) is 18.1.